The maximum Gasteiger partial charge on any atom is 0.283 e. The number of nitrogens with zero attached hydrogens (tertiary/aromatic N) is 1. The molecule has 0 saturated carbocycles. The number of benzene rings is 2. The van der Waals surface area contributed by atoms with Gasteiger partial charge in [-0.2, -0.15) is 0 Å². The molecule has 0 unspecified atom stereocenters. The smallest absolute Gasteiger partial charge is 0.283 e. The number of carbonyl (C=O) groups is 2. The first kappa shape index (κ1) is 18.5. The Bertz CT molecular complexity index is 876. The fourth-order valence-electron chi connectivity index (χ4n) is 2.74. The van der Waals surface area contributed by atoms with E-state index in [1.165, 1.54) is 5.56 Å². The number of hydrogen-bond acceptors (Lipinski definition) is 3. The molecule has 0 radical (unpaired) electrons. The van der Waals surface area contributed by atoms with Gasteiger partial charge in [0.05, 0.1) is 10.7 Å². The van der Waals surface area contributed by atoms with Gasteiger partial charge in [0.2, 0.25) is 0 Å². The molecule has 0 spiro atoms. The Morgan fingerprint density at radius 1 is 0.962 bits per heavy atom. The highest BCUT2D eigenvalue weighted by atomic mass is 35.5. The van der Waals surface area contributed by atoms with Gasteiger partial charge < -0.3 is 5.32 Å². The molecule has 26 heavy (non-hydrogen) atoms. The first-order valence-electron chi connectivity index (χ1n) is 8.42. The van der Waals surface area contributed by atoms with Crippen molar-refractivity contribution in [3.8, 4) is 0 Å². The molecule has 0 bridgehead atoms. The lowest BCUT2D eigenvalue weighted by Crippen LogP contribution is -2.32. The van der Waals surface area contributed by atoms with E-state index >= 15 is 0 Å². The van der Waals surface area contributed by atoms with Crippen molar-refractivity contribution in [1.29, 1.82) is 0 Å². The van der Waals surface area contributed by atoms with E-state index in [0.29, 0.717) is 16.4 Å². The largest absolute Gasteiger partial charge is 0.350 e. The molecule has 1 heterocycles. The second kappa shape index (κ2) is 7.94. The summed E-state index contributed by atoms with van der Waals surface area (Å²) in [4.78, 5) is 26.2. The van der Waals surface area contributed by atoms with Gasteiger partial charge in [-0.1, -0.05) is 60.8 Å². The van der Waals surface area contributed by atoms with Crippen molar-refractivity contribution < 1.29 is 9.59 Å². The molecular weight excluding hydrogens is 371 g/mol. The molecular formula is C20H18Cl2N2O2. The number of anilines is 2. The van der Waals surface area contributed by atoms with E-state index in [-0.39, 0.29) is 10.7 Å². The minimum atomic E-state index is -0.591. The van der Waals surface area contributed by atoms with Crippen molar-refractivity contribution in [1.82, 2.24) is 0 Å². The van der Waals surface area contributed by atoms with Crippen LogP contribution in [0.25, 0.3) is 0 Å². The summed E-state index contributed by atoms with van der Waals surface area (Å²) in [6.45, 7) is 2.15. The zero-order chi connectivity index (χ0) is 18.7. The van der Waals surface area contributed by atoms with Crippen molar-refractivity contribution in [3.63, 3.8) is 0 Å². The van der Waals surface area contributed by atoms with E-state index in [4.69, 9.17) is 23.2 Å². The van der Waals surface area contributed by atoms with E-state index in [1.54, 1.807) is 24.3 Å². The lowest BCUT2D eigenvalue weighted by atomic mass is 10.1. The van der Waals surface area contributed by atoms with Crippen molar-refractivity contribution >= 4 is 46.4 Å². The average Bonchev–Trinajstić information content (AvgIpc) is 2.85. The quantitative estimate of drug-likeness (QED) is 0.698. The predicted octanol–water partition coefficient (Wildman–Crippen LogP) is 5.12. The van der Waals surface area contributed by atoms with Gasteiger partial charge >= 0.3 is 0 Å². The maximum absolute atomic E-state index is 12.7. The van der Waals surface area contributed by atoms with Crippen molar-refractivity contribution in [2.75, 3.05) is 10.2 Å². The van der Waals surface area contributed by atoms with Gasteiger partial charge in [0.25, 0.3) is 11.8 Å². The summed E-state index contributed by atoms with van der Waals surface area (Å²) in [5, 5.41) is 3.12. The number of carbonyl (C=O) groups excluding carboxylic acids is 2. The van der Waals surface area contributed by atoms with Crippen LogP contribution in [0.1, 0.15) is 25.3 Å². The molecule has 4 nitrogen and oxygen atoms in total. The van der Waals surface area contributed by atoms with Gasteiger partial charge in [0, 0.05) is 5.69 Å². The van der Waals surface area contributed by atoms with Gasteiger partial charge in [0.1, 0.15) is 10.7 Å². The number of hydrogen-bond donors (Lipinski definition) is 1. The molecule has 134 valence electrons. The van der Waals surface area contributed by atoms with Crippen LogP contribution in [0.2, 0.25) is 5.02 Å². The second-order valence-electron chi connectivity index (χ2n) is 6.01. The van der Waals surface area contributed by atoms with Gasteiger partial charge in [-0.15, -0.1) is 0 Å². The zero-order valence-electron chi connectivity index (χ0n) is 14.3. The first-order valence-corrected chi connectivity index (χ1v) is 9.17. The first-order chi connectivity index (χ1) is 12.5. The molecule has 0 aliphatic carbocycles. The van der Waals surface area contributed by atoms with E-state index in [2.05, 4.69) is 12.2 Å². The molecule has 0 atom stereocenters. The molecule has 1 aliphatic rings. The van der Waals surface area contributed by atoms with Crippen molar-refractivity contribution in [3.05, 3.63) is 69.8 Å². The number of rotatable bonds is 6. The van der Waals surface area contributed by atoms with Crippen LogP contribution < -0.4 is 10.2 Å². The standard InChI is InChI=1S/C20H18Cl2N2O2/c1-2-3-6-13-9-11-14(12-10-13)23-18-17(22)19(25)24(20(18)26)16-8-5-4-7-15(16)21/h4-5,7-12,23H,2-3,6H2,1H3. The molecule has 1 N–H and O–H groups in total. The second-order valence-corrected chi connectivity index (χ2v) is 6.80. The molecule has 0 aromatic heterocycles. The minimum Gasteiger partial charge on any atom is -0.350 e. The van der Waals surface area contributed by atoms with Crippen LogP contribution in [-0.2, 0) is 16.0 Å². The zero-order valence-corrected chi connectivity index (χ0v) is 15.8. The molecule has 6 heteroatoms. The summed E-state index contributed by atoms with van der Waals surface area (Å²) in [6.07, 6.45) is 3.28. The number of unbranched alkanes of at least 4 members (excludes halogenated alkanes) is 1. The molecule has 3 rings (SSSR count). The number of aryl methyl sites for hydroxylation is 1. The SMILES string of the molecule is CCCCc1ccc(NC2=C(Cl)C(=O)N(c3ccccc3Cl)C2=O)cc1. The number of imide groups is 1. The fourth-order valence-corrected chi connectivity index (χ4v) is 3.18. The van der Waals surface area contributed by atoms with Crippen molar-refractivity contribution in [2.45, 2.75) is 26.2 Å². The highest BCUT2D eigenvalue weighted by molar-refractivity contribution is 6.53. The third-order valence-electron chi connectivity index (χ3n) is 4.16. The molecule has 1 aliphatic heterocycles. The average molecular weight is 389 g/mol. The summed E-state index contributed by atoms with van der Waals surface area (Å²) in [5.41, 5.74) is 2.29. The number of para-hydroxylation sites is 1. The normalized spacial score (nSPS) is 14.3. The molecule has 0 fully saturated rings. The van der Waals surface area contributed by atoms with E-state index in [0.717, 1.165) is 24.2 Å². The highest BCUT2D eigenvalue weighted by Crippen LogP contribution is 2.34. The topological polar surface area (TPSA) is 49.4 Å². The lowest BCUT2D eigenvalue weighted by molar-refractivity contribution is -0.120. The minimum absolute atomic E-state index is 0.0536. The molecule has 2 aromatic rings. The molecule has 0 saturated heterocycles. The third kappa shape index (κ3) is 3.62. The number of halogens is 2. The Balaban J connectivity index is 1.81. The van der Waals surface area contributed by atoms with Crippen LogP contribution in [0.5, 0.6) is 0 Å². The Kier molecular flexibility index (Phi) is 5.64. The Labute approximate surface area is 162 Å². The summed E-state index contributed by atoms with van der Waals surface area (Å²) in [5.74, 6) is -1.12. The van der Waals surface area contributed by atoms with E-state index in [1.807, 2.05) is 24.3 Å². The van der Waals surface area contributed by atoms with Gasteiger partial charge in [0.15, 0.2) is 0 Å². The highest BCUT2D eigenvalue weighted by Gasteiger charge is 2.39. The predicted molar refractivity (Wildman–Crippen MR) is 106 cm³/mol. The molecule has 2 aromatic carbocycles. The fraction of sp³-hybridized carbons (Fsp3) is 0.200. The Hall–Kier alpha value is -2.30. The summed E-state index contributed by atoms with van der Waals surface area (Å²) in [6, 6.07) is 14.4. The molecule has 2 amide bonds. The monoisotopic (exact) mass is 388 g/mol. The summed E-state index contributed by atoms with van der Waals surface area (Å²) in [7, 11) is 0. The Morgan fingerprint density at radius 3 is 2.31 bits per heavy atom. The summed E-state index contributed by atoms with van der Waals surface area (Å²) >= 11 is 12.3. The van der Waals surface area contributed by atoms with Crippen LogP contribution in [-0.4, -0.2) is 11.8 Å². The van der Waals surface area contributed by atoms with Crippen molar-refractivity contribution in [2.24, 2.45) is 0 Å². The summed E-state index contributed by atoms with van der Waals surface area (Å²) < 4.78 is 0. The number of nitrogens with one attached hydrogen (secondary N) is 1. The van der Waals surface area contributed by atoms with Crippen LogP contribution in [0.4, 0.5) is 11.4 Å². The van der Waals surface area contributed by atoms with Crippen LogP contribution in [0, 0.1) is 0 Å². The van der Waals surface area contributed by atoms with Crippen LogP contribution in [0.3, 0.4) is 0 Å². The third-order valence-corrected chi connectivity index (χ3v) is 4.83. The van der Waals surface area contributed by atoms with E-state index in [9.17, 15) is 9.59 Å². The van der Waals surface area contributed by atoms with Crippen LogP contribution in [0.15, 0.2) is 59.3 Å². The lowest BCUT2D eigenvalue weighted by Gasteiger charge is -2.16. The van der Waals surface area contributed by atoms with Gasteiger partial charge in [-0.05, 0) is 42.7 Å². The maximum atomic E-state index is 12.7. The van der Waals surface area contributed by atoms with E-state index < -0.39 is 11.8 Å². The van der Waals surface area contributed by atoms with Gasteiger partial charge in [-0.3, -0.25) is 9.59 Å². The Morgan fingerprint density at radius 2 is 1.65 bits per heavy atom. The van der Waals surface area contributed by atoms with Crippen LogP contribution >= 0.6 is 23.2 Å². The van der Waals surface area contributed by atoms with Gasteiger partial charge in [-0.25, -0.2) is 4.90 Å². The number of amides is 2.